The largest absolute Gasteiger partial charge is 0.205 e. The van der Waals surface area contributed by atoms with E-state index in [1.165, 1.54) is 50.7 Å². The Morgan fingerprint density at radius 3 is 2.44 bits per heavy atom. The van der Waals surface area contributed by atoms with Crippen LogP contribution >= 0.6 is 0 Å². The van der Waals surface area contributed by atoms with Crippen molar-refractivity contribution in [3.8, 4) is 6.07 Å². The molecule has 1 aromatic rings. The molecular weight excluding hydrogens is 316 g/mol. The van der Waals surface area contributed by atoms with Gasteiger partial charge < -0.3 is 0 Å². The fourth-order valence-electron chi connectivity index (χ4n) is 4.99. The van der Waals surface area contributed by atoms with Crippen molar-refractivity contribution in [3.05, 3.63) is 47.0 Å². The minimum Gasteiger partial charge on any atom is -0.205 e. The number of halogens is 2. The molecule has 2 aliphatic rings. The van der Waals surface area contributed by atoms with Crippen molar-refractivity contribution < 1.29 is 8.78 Å². The molecule has 0 saturated heterocycles. The first-order valence-corrected chi connectivity index (χ1v) is 9.62. The van der Waals surface area contributed by atoms with Crippen molar-refractivity contribution in [2.45, 2.75) is 64.2 Å². The Labute approximate surface area is 149 Å². The number of nitriles is 1. The monoisotopic (exact) mass is 343 g/mol. The van der Waals surface area contributed by atoms with Gasteiger partial charge in [-0.1, -0.05) is 18.6 Å². The van der Waals surface area contributed by atoms with Crippen molar-refractivity contribution in [2.24, 2.45) is 17.8 Å². The van der Waals surface area contributed by atoms with Gasteiger partial charge in [0, 0.05) is 0 Å². The summed E-state index contributed by atoms with van der Waals surface area (Å²) in [5.74, 6) is 1.13. The second-order valence-corrected chi connectivity index (χ2v) is 7.83. The Morgan fingerprint density at radius 1 is 1.08 bits per heavy atom. The Kier molecular flexibility index (Phi) is 5.89. The van der Waals surface area contributed by atoms with Crippen LogP contribution in [0.15, 0.2) is 24.3 Å². The van der Waals surface area contributed by atoms with Crippen LogP contribution in [0.3, 0.4) is 0 Å². The van der Waals surface area contributed by atoms with Crippen molar-refractivity contribution in [3.63, 3.8) is 0 Å². The zero-order valence-corrected chi connectivity index (χ0v) is 15.0. The Hall–Kier alpha value is -1.69. The second kappa shape index (κ2) is 8.13. The summed E-state index contributed by atoms with van der Waals surface area (Å²) in [6.45, 7) is 2.08. The van der Waals surface area contributed by atoms with Crippen LogP contribution in [-0.4, -0.2) is 0 Å². The third-order valence-electron chi connectivity index (χ3n) is 6.35. The minimum atomic E-state index is -0.715. The third-order valence-corrected chi connectivity index (χ3v) is 6.35. The van der Waals surface area contributed by atoms with E-state index in [1.54, 1.807) is 6.07 Å². The third kappa shape index (κ3) is 4.11. The molecule has 2 aliphatic carbocycles. The molecule has 2 fully saturated rings. The Morgan fingerprint density at radius 2 is 1.76 bits per heavy atom. The number of hydrogen-bond acceptors (Lipinski definition) is 1. The fourth-order valence-corrected chi connectivity index (χ4v) is 4.99. The van der Waals surface area contributed by atoms with E-state index in [4.69, 9.17) is 5.26 Å². The molecular formula is C22H27F2N. The summed E-state index contributed by atoms with van der Waals surface area (Å²) >= 11 is 0. The molecule has 2 saturated carbocycles. The number of rotatable bonds is 4. The van der Waals surface area contributed by atoms with Crippen molar-refractivity contribution in [1.82, 2.24) is 0 Å². The first kappa shape index (κ1) is 18.1. The predicted octanol–water partition coefficient (Wildman–Crippen LogP) is 6.49. The molecule has 0 radical (unpaired) electrons. The molecule has 1 nitrogen and oxygen atoms in total. The van der Waals surface area contributed by atoms with Crippen LogP contribution in [-0.2, 0) is 0 Å². The topological polar surface area (TPSA) is 23.8 Å². The number of nitrogens with zero attached hydrogens (tertiary/aromatic N) is 1. The lowest BCUT2D eigenvalue weighted by molar-refractivity contribution is 0.115. The van der Waals surface area contributed by atoms with Crippen LogP contribution in [0.2, 0.25) is 0 Å². The van der Waals surface area contributed by atoms with Gasteiger partial charge in [-0.25, -0.2) is 8.78 Å². The molecule has 3 rings (SSSR count). The zero-order chi connectivity index (χ0) is 17.8. The molecule has 1 aromatic carbocycles. The summed E-state index contributed by atoms with van der Waals surface area (Å²) in [5.41, 5.74) is 0.279. The maximum Gasteiger partial charge on any atom is 0.144 e. The maximum absolute atomic E-state index is 13.9. The summed E-state index contributed by atoms with van der Waals surface area (Å²) in [6.07, 6.45) is 14.0. The number of benzene rings is 1. The first-order valence-electron chi connectivity index (χ1n) is 9.62. The summed E-state index contributed by atoms with van der Waals surface area (Å²) in [4.78, 5) is 0. The highest BCUT2D eigenvalue weighted by Gasteiger charge is 2.36. The number of fused-ring (bicyclic) bond motifs is 1. The molecule has 0 aromatic heterocycles. The van der Waals surface area contributed by atoms with Crippen LogP contribution in [0, 0.1) is 40.7 Å². The Balaban J connectivity index is 1.62. The number of allylic oxidation sites excluding steroid dienone is 2. The van der Waals surface area contributed by atoms with Crippen molar-refractivity contribution in [1.29, 1.82) is 5.26 Å². The van der Waals surface area contributed by atoms with Crippen LogP contribution < -0.4 is 0 Å². The van der Waals surface area contributed by atoms with Crippen molar-refractivity contribution in [2.75, 3.05) is 0 Å². The van der Waals surface area contributed by atoms with E-state index in [2.05, 4.69) is 19.1 Å². The molecule has 0 heterocycles. The lowest BCUT2D eigenvalue weighted by Crippen LogP contribution is -2.30. The van der Waals surface area contributed by atoms with Crippen LogP contribution in [0.5, 0.6) is 0 Å². The van der Waals surface area contributed by atoms with E-state index in [0.29, 0.717) is 5.92 Å². The Bertz CT molecular complexity index is 650. The van der Waals surface area contributed by atoms with E-state index >= 15 is 0 Å². The molecule has 0 spiro atoms. The summed E-state index contributed by atoms with van der Waals surface area (Å²) < 4.78 is 27.9. The summed E-state index contributed by atoms with van der Waals surface area (Å²) in [6, 6.07) is 4.38. The summed E-state index contributed by atoms with van der Waals surface area (Å²) in [5, 5.41) is 8.82. The molecule has 0 aliphatic heterocycles. The average Bonchev–Trinajstić information content (AvgIpc) is 2.61. The zero-order valence-electron chi connectivity index (χ0n) is 15.0. The smallest absolute Gasteiger partial charge is 0.144 e. The average molecular weight is 343 g/mol. The first-order chi connectivity index (χ1) is 12.1. The molecule has 3 heteroatoms. The normalized spacial score (nSPS) is 29.4. The van der Waals surface area contributed by atoms with Gasteiger partial charge in [0.25, 0.3) is 0 Å². The molecule has 0 bridgehead atoms. The molecule has 0 amide bonds. The van der Waals surface area contributed by atoms with E-state index in [9.17, 15) is 8.78 Å². The predicted molar refractivity (Wildman–Crippen MR) is 96.0 cm³/mol. The van der Waals surface area contributed by atoms with Crippen molar-refractivity contribution >= 4 is 0 Å². The van der Waals surface area contributed by atoms with Gasteiger partial charge in [-0.2, -0.15) is 5.26 Å². The van der Waals surface area contributed by atoms with E-state index in [0.717, 1.165) is 30.2 Å². The van der Waals surface area contributed by atoms with Gasteiger partial charge >= 0.3 is 0 Å². The SMILES string of the molecule is C/C=C/CCC1CCC2CC(c3cc(F)c(C#N)c(F)c3)CCC2C1. The van der Waals surface area contributed by atoms with Gasteiger partial charge in [0.05, 0.1) is 0 Å². The summed E-state index contributed by atoms with van der Waals surface area (Å²) in [7, 11) is 0. The molecule has 4 unspecified atom stereocenters. The standard InChI is InChI=1S/C22H27F2N/c1-2-3-4-5-15-6-7-17-11-18(9-8-16(17)10-15)19-12-21(23)20(14-25)22(24)13-19/h2-3,12-13,15-18H,4-11H2,1H3/b3-2+. The van der Waals surface area contributed by atoms with Crippen LogP contribution in [0.1, 0.15) is 75.3 Å². The van der Waals surface area contributed by atoms with Crippen LogP contribution in [0.25, 0.3) is 0 Å². The highest BCUT2D eigenvalue weighted by molar-refractivity contribution is 5.36. The van der Waals surface area contributed by atoms with Gasteiger partial charge in [-0.15, -0.1) is 0 Å². The lowest BCUT2D eigenvalue weighted by Gasteiger charge is -2.42. The maximum atomic E-state index is 13.9. The molecule has 4 atom stereocenters. The number of hydrogen-bond donors (Lipinski definition) is 0. The van der Waals surface area contributed by atoms with Gasteiger partial charge in [-0.05, 0) is 93.2 Å². The van der Waals surface area contributed by atoms with Gasteiger partial charge in [0.15, 0.2) is 0 Å². The highest BCUT2D eigenvalue weighted by Crippen LogP contribution is 2.48. The fraction of sp³-hybridized carbons (Fsp3) is 0.591. The second-order valence-electron chi connectivity index (χ2n) is 7.83. The van der Waals surface area contributed by atoms with E-state index < -0.39 is 17.2 Å². The van der Waals surface area contributed by atoms with E-state index in [1.807, 2.05) is 0 Å². The molecule has 25 heavy (non-hydrogen) atoms. The highest BCUT2D eigenvalue weighted by atomic mass is 19.1. The van der Waals surface area contributed by atoms with Crippen LogP contribution in [0.4, 0.5) is 8.78 Å². The minimum absolute atomic E-state index is 0.234. The van der Waals surface area contributed by atoms with E-state index in [-0.39, 0.29) is 5.92 Å². The lowest BCUT2D eigenvalue weighted by atomic mass is 9.63. The molecule has 134 valence electrons. The van der Waals surface area contributed by atoms with Gasteiger partial charge in [-0.3, -0.25) is 0 Å². The molecule has 0 N–H and O–H groups in total. The quantitative estimate of drug-likeness (QED) is 0.573. The van der Waals surface area contributed by atoms with Gasteiger partial charge in [0.2, 0.25) is 0 Å². The van der Waals surface area contributed by atoms with Gasteiger partial charge in [0.1, 0.15) is 23.3 Å².